The Balaban J connectivity index is 1.82. The van der Waals surface area contributed by atoms with Gasteiger partial charge in [-0.2, -0.15) is 0 Å². The molecule has 0 aliphatic carbocycles. The smallest absolute Gasteiger partial charge is 0.328 e. The predicted octanol–water partition coefficient (Wildman–Crippen LogP) is -0.0829. The summed E-state index contributed by atoms with van der Waals surface area (Å²) in [5.41, 5.74) is 0.293. The third kappa shape index (κ3) is 5.21. The summed E-state index contributed by atoms with van der Waals surface area (Å²) >= 11 is 0. The number of benzene rings is 1. The minimum Gasteiger partial charge on any atom is -0.480 e. The van der Waals surface area contributed by atoms with Crippen molar-refractivity contribution in [2.75, 3.05) is 26.6 Å². The first-order chi connectivity index (χ1) is 12.0. The molecule has 0 aromatic heterocycles. The number of carboxylic acids is 1. The Labute approximate surface area is 143 Å². The zero-order chi connectivity index (χ0) is 18.2. The number of nitrogens with one attached hydrogen (secondary N) is 2. The second-order valence-electron chi connectivity index (χ2n) is 5.04. The molecule has 1 atom stereocenters. The lowest BCUT2D eigenvalue weighted by atomic mass is 10.2. The fourth-order valence-corrected chi connectivity index (χ4v) is 1.99. The molecule has 25 heavy (non-hydrogen) atoms. The Hall–Kier alpha value is -3.07. The van der Waals surface area contributed by atoms with Crippen molar-refractivity contribution in [1.82, 2.24) is 10.6 Å². The van der Waals surface area contributed by atoms with Crippen molar-refractivity contribution in [2.45, 2.75) is 6.04 Å². The quantitative estimate of drug-likeness (QED) is 0.420. The molecule has 0 bridgehead atoms. The molecule has 1 aromatic carbocycles. The summed E-state index contributed by atoms with van der Waals surface area (Å²) < 4.78 is 15.3. The number of carboxylic acid groups (broad SMARTS) is 1. The molecule has 1 aliphatic heterocycles. The summed E-state index contributed by atoms with van der Waals surface area (Å²) in [6.07, 6.45) is 1.46. The predicted molar refractivity (Wildman–Crippen MR) is 85.5 cm³/mol. The third-order valence-electron chi connectivity index (χ3n) is 3.20. The molecule has 9 nitrogen and oxygen atoms in total. The Morgan fingerprint density at radius 1 is 1.32 bits per heavy atom. The maximum Gasteiger partial charge on any atom is 0.328 e. The number of carbonyl (C=O) groups excluding carboxylic acids is 2. The molecule has 2 rings (SSSR count). The minimum absolute atomic E-state index is 0.0906. The molecular formula is C16H18N2O7. The second-order valence-corrected chi connectivity index (χ2v) is 5.04. The van der Waals surface area contributed by atoms with E-state index in [1.165, 1.54) is 18.2 Å². The van der Waals surface area contributed by atoms with Crippen LogP contribution in [0.2, 0.25) is 0 Å². The summed E-state index contributed by atoms with van der Waals surface area (Å²) in [6.45, 7) is 3.11. The van der Waals surface area contributed by atoms with Crippen LogP contribution in [0, 0.1) is 0 Å². The van der Waals surface area contributed by atoms with Gasteiger partial charge in [-0.15, -0.1) is 6.58 Å². The van der Waals surface area contributed by atoms with Gasteiger partial charge in [-0.25, -0.2) is 4.79 Å². The zero-order valence-corrected chi connectivity index (χ0v) is 13.3. The van der Waals surface area contributed by atoms with Crippen molar-refractivity contribution in [3.63, 3.8) is 0 Å². The summed E-state index contributed by atoms with van der Waals surface area (Å²) in [4.78, 5) is 34.9. The van der Waals surface area contributed by atoms with E-state index in [9.17, 15) is 14.4 Å². The van der Waals surface area contributed by atoms with Crippen LogP contribution >= 0.6 is 0 Å². The first-order valence-electron chi connectivity index (χ1n) is 7.40. The van der Waals surface area contributed by atoms with E-state index >= 15 is 0 Å². The van der Waals surface area contributed by atoms with E-state index in [1.54, 1.807) is 6.07 Å². The van der Waals surface area contributed by atoms with Crippen LogP contribution in [-0.2, 0) is 14.3 Å². The van der Waals surface area contributed by atoms with Gasteiger partial charge in [0.2, 0.25) is 12.7 Å². The summed E-state index contributed by atoms with van der Waals surface area (Å²) in [6, 6.07) is 3.41. The first kappa shape index (κ1) is 18.3. The summed E-state index contributed by atoms with van der Waals surface area (Å²) in [7, 11) is 0. The molecular weight excluding hydrogens is 332 g/mol. The SMILES string of the molecule is C=CCOCC(NC(=O)CNC(=O)c1ccc2c(c1)OCO2)C(=O)O. The topological polar surface area (TPSA) is 123 Å². The Morgan fingerprint density at radius 3 is 2.80 bits per heavy atom. The van der Waals surface area contributed by atoms with Gasteiger partial charge in [0.25, 0.3) is 5.91 Å². The van der Waals surface area contributed by atoms with E-state index in [4.69, 9.17) is 19.3 Å². The fourth-order valence-electron chi connectivity index (χ4n) is 1.99. The van der Waals surface area contributed by atoms with Crippen LogP contribution in [0.5, 0.6) is 11.5 Å². The van der Waals surface area contributed by atoms with Crippen molar-refractivity contribution >= 4 is 17.8 Å². The Morgan fingerprint density at radius 2 is 2.08 bits per heavy atom. The largest absolute Gasteiger partial charge is 0.480 e. The summed E-state index contributed by atoms with van der Waals surface area (Å²) in [5, 5.41) is 13.7. The molecule has 0 spiro atoms. The lowest BCUT2D eigenvalue weighted by Gasteiger charge is -2.14. The first-order valence-corrected chi connectivity index (χ1v) is 7.40. The third-order valence-corrected chi connectivity index (χ3v) is 3.20. The highest BCUT2D eigenvalue weighted by Crippen LogP contribution is 2.32. The minimum atomic E-state index is -1.24. The van der Waals surface area contributed by atoms with Crippen molar-refractivity contribution < 1.29 is 33.7 Å². The molecule has 134 valence electrons. The van der Waals surface area contributed by atoms with Gasteiger partial charge in [0.15, 0.2) is 17.5 Å². The molecule has 3 N–H and O–H groups in total. The van der Waals surface area contributed by atoms with Crippen molar-refractivity contribution in [1.29, 1.82) is 0 Å². The molecule has 0 fully saturated rings. The maximum absolute atomic E-state index is 12.0. The van der Waals surface area contributed by atoms with Crippen LogP contribution < -0.4 is 20.1 Å². The number of hydrogen-bond donors (Lipinski definition) is 3. The molecule has 0 saturated carbocycles. The molecule has 0 radical (unpaired) electrons. The van der Waals surface area contributed by atoms with Crippen LogP contribution in [0.4, 0.5) is 0 Å². The van der Waals surface area contributed by atoms with Gasteiger partial charge in [-0.05, 0) is 18.2 Å². The standard InChI is InChI=1S/C16H18N2O7/c1-2-5-23-8-11(16(21)22)18-14(19)7-17-15(20)10-3-4-12-13(6-10)25-9-24-12/h2-4,6,11H,1,5,7-9H2,(H,17,20)(H,18,19)(H,21,22). The number of ether oxygens (including phenoxy) is 3. The van der Waals surface area contributed by atoms with Gasteiger partial charge in [-0.3, -0.25) is 9.59 Å². The van der Waals surface area contributed by atoms with Crippen LogP contribution in [0.25, 0.3) is 0 Å². The van der Waals surface area contributed by atoms with E-state index in [1.807, 2.05) is 0 Å². The summed E-state index contributed by atoms with van der Waals surface area (Å²) in [5.74, 6) is -1.40. The normalized spacial score (nSPS) is 13.0. The molecule has 2 amide bonds. The van der Waals surface area contributed by atoms with Gasteiger partial charge < -0.3 is 30.0 Å². The lowest BCUT2D eigenvalue weighted by molar-refractivity contribution is -0.143. The van der Waals surface area contributed by atoms with Crippen molar-refractivity contribution in [3.05, 3.63) is 36.4 Å². The molecule has 1 heterocycles. The van der Waals surface area contributed by atoms with E-state index in [2.05, 4.69) is 17.2 Å². The lowest BCUT2D eigenvalue weighted by Crippen LogP contribution is -2.47. The monoisotopic (exact) mass is 350 g/mol. The van der Waals surface area contributed by atoms with E-state index < -0.39 is 23.8 Å². The highest BCUT2D eigenvalue weighted by Gasteiger charge is 2.21. The van der Waals surface area contributed by atoms with Crippen LogP contribution in [0.15, 0.2) is 30.9 Å². The Bertz CT molecular complexity index is 674. The number of rotatable bonds is 9. The number of hydrogen-bond acceptors (Lipinski definition) is 6. The Kier molecular flexibility index (Phi) is 6.35. The number of amides is 2. The van der Waals surface area contributed by atoms with Gasteiger partial charge in [0.1, 0.15) is 0 Å². The number of aliphatic carboxylic acids is 1. The van der Waals surface area contributed by atoms with Crippen LogP contribution in [-0.4, -0.2) is 55.5 Å². The van der Waals surface area contributed by atoms with Gasteiger partial charge in [0.05, 0.1) is 19.8 Å². The highest BCUT2D eigenvalue weighted by atomic mass is 16.7. The molecule has 1 aliphatic rings. The van der Waals surface area contributed by atoms with E-state index in [0.29, 0.717) is 17.1 Å². The van der Waals surface area contributed by atoms with Gasteiger partial charge in [0, 0.05) is 5.56 Å². The molecule has 0 saturated heterocycles. The number of carbonyl (C=O) groups is 3. The van der Waals surface area contributed by atoms with Crippen molar-refractivity contribution in [3.8, 4) is 11.5 Å². The number of fused-ring (bicyclic) bond motifs is 1. The van der Waals surface area contributed by atoms with E-state index in [-0.39, 0.29) is 26.6 Å². The van der Waals surface area contributed by atoms with Gasteiger partial charge in [-0.1, -0.05) is 6.08 Å². The van der Waals surface area contributed by atoms with Gasteiger partial charge >= 0.3 is 5.97 Å². The molecule has 9 heteroatoms. The van der Waals surface area contributed by atoms with Crippen molar-refractivity contribution in [2.24, 2.45) is 0 Å². The van der Waals surface area contributed by atoms with Crippen LogP contribution in [0.3, 0.4) is 0 Å². The second kappa shape index (κ2) is 8.69. The average molecular weight is 350 g/mol. The zero-order valence-electron chi connectivity index (χ0n) is 13.3. The molecule has 1 unspecified atom stereocenters. The van der Waals surface area contributed by atoms with E-state index in [0.717, 1.165) is 0 Å². The van der Waals surface area contributed by atoms with Crippen LogP contribution in [0.1, 0.15) is 10.4 Å². The maximum atomic E-state index is 12.0. The highest BCUT2D eigenvalue weighted by molar-refractivity contribution is 5.97. The molecule has 1 aromatic rings. The fraction of sp³-hybridized carbons (Fsp3) is 0.312. The average Bonchev–Trinajstić information content (AvgIpc) is 3.06.